The van der Waals surface area contributed by atoms with Crippen LogP contribution in [0.1, 0.15) is 105 Å². The van der Waals surface area contributed by atoms with E-state index in [1.807, 2.05) is 20.8 Å². The van der Waals surface area contributed by atoms with E-state index >= 15 is 0 Å². The number of nitrogens with one attached hydrogen (secondary N) is 4. The maximum Gasteiger partial charge on any atom is 0.315 e. The second-order valence-corrected chi connectivity index (χ2v) is 19.7. The number of ketones is 1. The molecule has 2 aliphatic heterocycles. The van der Waals surface area contributed by atoms with Crippen molar-refractivity contribution in [2.75, 3.05) is 31.9 Å². The van der Waals surface area contributed by atoms with E-state index in [4.69, 9.17) is 0 Å². The van der Waals surface area contributed by atoms with Crippen molar-refractivity contribution in [3.63, 3.8) is 0 Å². The number of carbonyl (C=O) groups excluding carboxylic acids is 5. The van der Waals surface area contributed by atoms with E-state index < -0.39 is 63.2 Å². The zero-order valence-electron chi connectivity index (χ0n) is 31.9. The lowest BCUT2D eigenvalue weighted by atomic mass is 9.80. The van der Waals surface area contributed by atoms with E-state index in [9.17, 15) is 32.4 Å². The lowest BCUT2D eigenvalue weighted by Gasteiger charge is -2.39. The molecular weight excluding hydrogens is 685 g/mol. The van der Waals surface area contributed by atoms with Crippen molar-refractivity contribution >= 4 is 39.6 Å². The molecule has 3 aliphatic carbocycles. The van der Waals surface area contributed by atoms with Gasteiger partial charge in [-0.15, -0.1) is 6.58 Å². The fourth-order valence-electron chi connectivity index (χ4n) is 9.04. The number of fused-ring (bicyclic) bond motifs is 1. The molecule has 0 aromatic heterocycles. The molecule has 14 heteroatoms. The number of nitrogens with zero attached hydrogens (tertiary/aromatic N) is 2. The molecule has 5 aliphatic rings. The first-order valence-electron chi connectivity index (χ1n) is 19.5. The molecule has 6 atom stereocenters. The van der Waals surface area contributed by atoms with E-state index in [1.54, 1.807) is 4.90 Å². The first-order chi connectivity index (χ1) is 24.5. The van der Waals surface area contributed by atoms with E-state index in [1.165, 1.54) is 10.4 Å². The molecule has 2 saturated heterocycles. The van der Waals surface area contributed by atoms with Gasteiger partial charge in [0.2, 0.25) is 27.6 Å². The van der Waals surface area contributed by atoms with Crippen molar-refractivity contribution in [1.29, 1.82) is 0 Å². The number of carbonyl (C=O) groups is 5. The number of Topliss-reactive ketones (excluding diaryl/α,β-unsaturated/α-hetero) is 1. The zero-order valence-corrected chi connectivity index (χ0v) is 32.7. The normalized spacial score (nSPS) is 27.6. The van der Waals surface area contributed by atoms with Crippen LogP contribution in [0.15, 0.2) is 12.7 Å². The van der Waals surface area contributed by atoms with Crippen LogP contribution in [0.5, 0.6) is 0 Å². The van der Waals surface area contributed by atoms with Crippen molar-refractivity contribution in [2.45, 2.75) is 129 Å². The van der Waals surface area contributed by atoms with Crippen LogP contribution >= 0.6 is 0 Å². The van der Waals surface area contributed by atoms with E-state index in [0.29, 0.717) is 25.9 Å². The van der Waals surface area contributed by atoms with Gasteiger partial charge in [-0.25, -0.2) is 13.2 Å². The lowest BCUT2D eigenvalue weighted by Crippen LogP contribution is -2.62. The summed E-state index contributed by atoms with van der Waals surface area (Å²) >= 11 is 0. The Morgan fingerprint density at radius 2 is 1.62 bits per heavy atom. The second kappa shape index (κ2) is 16.2. The van der Waals surface area contributed by atoms with Crippen LogP contribution in [-0.2, 0) is 29.2 Å². The highest BCUT2D eigenvalue weighted by Gasteiger charge is 2.70. The monoisotopic (exact) mass is 746 g/mol. The average Bonchev–Trinajstić information content (AvgIpc) is 3.37. The predicted octanol–water partition coefficient (Wildman–Crippen LogP) is 3.10. The number of rotatable bonds is 14. The molecule has 52 heavy (non-hydrogen) atoms. The van der Waals surface area contributed by atoms with Gasteiger partial charge in [-0.2, -0.15) is 4.31 Å². The van der Waals surface area contributed by atoms with Crippen LogP contribution in [0.2, 0.25) is 0 Å². The summed E-state index contributed by atoms with van der Waals surface area (Å²) in [6.45, 7) is 14.4. The summed E-state index contributed by atoms with van der Waals surface area (Å²) in [7, 11) is -3.40. The molecule has 3 saturated carbocycles. The number of hydrogen-bond acceptors (Lipinski definition) is 7. The van der Waals surface area contributed by atoms with Crippen molar-refractivity contribution < 1.29 is 32.4 Å². The van der Waals surface area contributed by atoms with Crippen LogP contribution < -0.4 is 21.3 Å². The molecule has 2 heterocycles. The molecule has 292 valence electrons. The van der Waals surface area contributed by atoms with Gasteiger partial charge in [0, 0.05) is 32.2 Å². The molecule has 13 nitrogen and oxygen atoms in total. The summed E-state index contributed by atoms with van der Waals surface area (Å²) < 4.78 is 27.3. The molecule has 0 aromatic carbocycles. The SMILES string of the molecule is C=CCNC(=O)C(=O)C(CC1CCC1)NC(=O)[C@@H]1[C@@H]2C(CN1C(=O)[C@@H](NC(=O)N[C@H](CN1CCCCS1(=O)=O)C1CCCCC1)C(C)(C)C)C2(C)C. The maximum absolute atomic E-state index is 14.6. The molecule has 5 rings (SSSR count). The number of urea groups is 1. The number of amides is 5. The maximum atomic E-state index is 14.6. The summed E-state index contributed by atoms with van der Waals surface area (Å²) in [5.74, 6) is -1.94. The van der Waals surface area contributed by atoms with Gasteiger partial charge in [-0.1, -0.05) is 79.2 Å². The van der Waals surface area contributed by atoms with Crippen molar-refractivity contribution in [3.05, 3.63) is 12.7 Å². The summed E-state index contributed by atoms with van der Waals surface area (Å²) in [5.41, 5.74) is -0.933. The molecule has 0 aromatic rings. The molecular formula is C38H62N6O7S. The van der Waals surface area contributed by atoms with Gasteiger partial charge in [0.1, 0.15) is 12.1 Å². The highest BCUT2D eigenvalue weighted by atomic mass is 32.2. The fourth-order valence-corrected chi connectivity index (χ4v) is 10.7. The Hall–Kier alpha value is -3.00. The summed E-state index contributed by atoms with van der Waals surface area (Å²) in [6, 6.07) is -3.82. The number of likely N-dealkylation sites (tertiary alicyclic amines) is 1. The van der Waals surface area contributed by atoms with E-state index in [0.717, 1.165) is 57.8 Å². The van der Waals surface area contributed by atoms with Gasteiger partial charge < -0.3 is 26.2 Å². The Morgan fingerprint density at radius 1 is 0.923 bits per heavy atom. The molecule has 0 bridgehead atoms. The third-order valence-corrected chi connectivity index (χ3v) is 14.5. The van der Waals surface area contributed by atoms with E-state index in [2.05, 4.69) is 41.7 Å². The zero-order chi connectivity index (χ0) is 38.0. The van der Waals surface area contributed by atoms with Crippen LogP contribution in [0, 0.1) is 34.5 Å². The number of piperidine rings is 1. The average molecular weight is 747 g/mol. The molecule has 4 N–H and O–H groups in total. The van der Waals surface area contributed by atoms with Crippen molar-refractivity contribution in [3.8, 4) is 0 Å². The summed E-state index contributed by atoms with van der Waals surface area (Å²) in [6.07, 6.45) is 11.1. The third kappa shape index (κ3) is 9.02. The summed E-state index contributed by atoms with van der Waals surface area (Å²) in [5, 5.41) is 11.5. The highest BCUT2D eigenvalue weighted by Crippen LogP contribution is 2.65. The minimum atomic E-state index is -3.40. The number of hydrogen-bond donors (Lipinski definition) is 4. The molecule has 0 spiro atoms. The van der Waals surface area contributed by atoms with Gasteiger partial charge in [0.25, 0.3) is 5.91 Å². The van der Waals surface area contributed by atoms with E-state index in [-0.39, 0.29) is 53.8 Å². The van der Waals surface area contributed by atoms with Crippen LogP contribution in [0.3, 0.4) is 0 Å². The standard InChI is InChI=1S/C38H62N6O7S/c1-7-18-39-34(47)31(45)27(21-24-14-13-15-24)40-33(46)30-29-26(38(29,5)6)22-44(30)35(48)32(37(2,3)4)42-36(49)41-28(25-16-9-8-10-17-25)23-43-19-11-12-20-52(43,50)51/h7,24-30,32H,1,8-23H2,2-6H3,(H,39,47)(H,40,46)(H2,41,42,49)/t26?,27?,28-,29+,30+,32-/m1/s1. The number of sulfonamides is 1. The van der Waals surface area contributed by atoms with Crippen LogP contribution in [-0.4, -0.2) is 103 Å². The highest BCUT2D eigenvalue weighted by molar-refractivity contribution is 7.89. The molecule has 0 radical (unpaired) electrons. The Morgan fingerprint density at radius 3 is 2.21 bits per heavy atom. The van der Waals surface area contributed by atoms with Crippen LogP contribution in [0.25, 0.3) is 0 Å². The smallest absolute Gasteiger partial charge is 0.315 e. The van der Waals surface area contributed by atoms with Gasteiger partial charge in [-0.3, -0.25) is 19.2 Å². The fraction of sp³-hybridized carbons (Fsp3) is 0.816. The molecule has 2 unspecified atom stereocenters. The Labute approximate surface area is 310 Å². The predicted molar refractivity (Wildman–Crippen MR) is 198 cm³/mol. The van der Waals surface area contributed by atoms with Gasteiger partial charge >= 0.3 is 6.03 Å². The first kappa shape index (κ1) is 40.2. The molecule has 5 fully saturated rings. The first-order valence-corrected chi connectivity index (χ1v) is 21.1. The quantitative estimate of drug-likeness (QED) is 0.156. The Kier molecular flexibility index (Phi) is 12.5. The van der Waals surface area contributed by atoms with Gasteiger partial charge in [-0.05, 0) is 66.6 Å². The lowest BCUT2D eigenvalue weighted by molar-refractivity contribution is -0.145. The minimum Gasteiger partial charge on any atom is -0.346 e. The second-order valence-electron chi connectivity index (χ2n) is 17.6. The van der Waals surface area contributed by atoms with Gasteiger partial charge in [0.05, 0.1) is 11.8 Å². The Bertz CT molecular complexity index is 1480. The third-order valence-electron chi connectivity index (χ3n) is 12.6. The van der Waals surface area contributed by atoms with Crippen LogP contribution in [0.4, 0.5) is 4.79 Å². The minimum absolute atomic E-state index is 0.0699. The van der Waals surface area contributed by atoms with Crippen molar-refractivity contribution in [2.24, 2.45) is 34.5 Å². The Balaban J connectivity index is 1.33. The largest absolute Gasteiger partial charge is 0.346 e. The summed E-state index contributed by atoms with van der Waals surface area (Å²) in [4.78, 5) is 70.2. The topological polar surface area (TPSA) is 174 Å². The van der Waals surface area contributed by atoms with Crippen molar-refractivity contribution in [1.82, 2.24) is 30.5 Å². The molecule has 5 amide bonds. The van der Waals surface area contributed by atoms with Gasteiger partial charge in [0.15, 0.2) is 0 Å².